The average Bonchev–Trinajstić information content (AvgIpc) is 3.26. The molecule has 5 heteroatoms. The lowest BCUT2D eigenvalue weighted by Crippen LogP contribution is -2.39. The van der Waals surface area contributed by atoms with Crippen molar-refractivity contribution in [2.24, 2.45) is 5.92 Å². The van der Waals surface area contributed by atoms with E-state index in [0.717, 1.165) is 24.2 Å². The van der Waals surface area contributed by atoms with E-state index in [2.05, 4.69) is 16.0 Å². The Morgan fingerprint density at radius 2 is 1.87 bits per heavy atom. The van der Waals surface area contributed by atoms with E-state index < -0.39 is 0 Å². The van der Waals surface area contributed by atoms with Gasteiger partial charge < -0.3 is 16.0 Å². The van der Waals surface area contributed by atoms with E-state index >= 15 is 0 Å². The number of benzene rings is 1. The van der Waals surface area contributed by atoms with Crippen LogP contribution in [0.2, 0.25) is 5.02 Å². The van der Waals surface area contributed by atoms with Crippen molar-refractivity contribution in [3.8, 4) is 0 Å². The Morgan fingerprint density at radius 1 is 1.13 bits per heavy atom. The first-order valence-corrected chi connectivity index (χ1v) is 9.15. The largest absolute Gasteiger partial charge is 0.381 e. The Hall–Kier alpha value is -1.26. The minimum absolute atomic E-state index is 0.109. The maximum absolute atomic E-state index is 12.5. The second-order valence-electron chi connectivity index (χ2n) is 7.34. The molecular formula is C18H24ClN3O. The van der Waals surface area contributed by atoms with Crippen LogP contribution in [0.4, 0.5) is 11.4 Å². The third-order valence-electron chi connectivity index (χ3n) is 5.24. The molecule has 1 aromatic rings. The van der Waals surface area contributed by atoms with Crippen LogP contribution < -0.4 is 16.0 Å². The Labute approximate surface area is 142 Å². The predicted molar refractivity (Wildman–Crippen MR) is 94.0 cm³/mol. The van der Waals surface area contributed by atoms with Crippen molar-refractivity contribution in [2.75, 3.05) is 10.6 Å². The number of fused-ring (bicyclic) bond motifs is 2. The molecule has 2 heterocycles. The van der Waals surface area contributed by atoms with E-state index in [1.54, 1.807) is 0 Å². The summed E-state index contributed by atoms with van der Waals surface area (Å²) >= 11 is 6.10. The summed E-state index contributed by atoms with van der Waals surface area (Å²) in [5.74, 6) is 0.616. The molecule has 2 aliphatic heterocycles. The number of anilines is 2. The molecule has 23 heavy (non-hydrogen) atoms. The minimum atomic E-state index is 0.109. The van der Waals surface area contributed by atoms with Crippen molar-refractivity contribution < 1.29 is 4.79 Å². The monoisotopic (exact) mass is 333 g/mol. The number of amides is 1. The van der Waals surface area contributed by atoms with Gasteiger partial charge in [0.1, 0.15) is 0 Å². The highest BCUT2D eigenvalue weighted by Gasteiger charge is 2.34. The number of piperidine rings is 1. The zero-order chi connectivity index (χ0) is 15.8. The van der Waals surface area contributed by atoms with Gasteiger partial charge in [-0.1, -0.05) is 11.6 Å². The molecule has 3 N–H and O–H groups in total. The smallest absolute Gasteiger partial charge is 0.224 e. The van der Waals surface area contributed by atoms with Crippen molar-refractivity contribution in [3.63, 3.8) is 0 Å². The summed E-state index contributed by atoms with van der Waals surface area (Å²) in [5, 5.41) is 10.8. The summed E-state index contributed by atoms with van der Waals surface area (Å²) in [6, 6.07) is 7.48. The molecule has 2 bridgehead atoms. The fraction of sp³-hybridized carbons (Fsp3) is 0.611. The van der Waals surface area contributed by atoms with Gasteiger partial charge in [-0.25, -0.2) is 0 Å². The Kier molecular flexibility index (Phi) is 4.20. The summed E-state index contributed by atoms with van der Waals surface area (Å²) in [6.45, 7) is 0. The van der Waals surface area contributed by atoms with Crippen LogP contribution in [0.5, 0.6) is 0 Å². The Morgan fingerprint density at radius 3 is 2.57 bits per heavy atom. The van der Waals surface area contributed by atoms with Crippen LogP contribution in [0.1, 0.15) is 44.9 Å². The summed E-state index contributed by atoms with van der Waals surface area (Å²) < 4.78 is 0. The van der Waals surface area contributed by atoms with Crippen LogP contribution in [-0.4, -0.2) is 24.0 Å². The highest BCUT2D eigenvalue weighted by atomic mass is 35.5. The van der Waals surface area contributed by atoms with E-state index in [1.165, 1.54) is 25.7 Å². The number of halogens is 1. The van der Waals surface area contributed by atoms with Gasteiger partial charge in [0.2, 0.25) is 5.91 Å². The molecule has 1 aromatic carbocycles. The molecule has 0 aromatic heterocycles. The molecule has 0 spiro atoms. The van der Waals surface area contributed by atoms with Gasteiger partial charge in [-0.15, -0.1) is 0 Å². The van der Waals surface area contributed by atoms with Crippen molar-refractivity contribution in [1.82, 2.24) is 5.32 Å². The van der Waals surface area contributed by atoms with Gasteiger partial charge >= 0.3 is 0 Å². The maximum Gasteiger partial charge on any atom is 0.224 e. The van der Waals surface area contributed by atoms with Crippen molar-refractivity contribution in [2.45, 2.75) is 63.1 Å². The Bertz CT molecular complexity index is 590. The van der Waals surface area contributed by atoms with Gasteiger partial charge in [0.05, 0.1) is 11.4 Å². The molecule has 4 rings (SSSR count). The minimum Gasteiger partial charge on any atom is -0.381 e. The summed E-state index contributed by atoms with van der Waals surface area (Å²) in [4.78, 5) is 12.5. The van der Waals surface area contributed by atoms with Crippen LogP contribution in [-0.2, 0) is 4.79 Å². The number of hydrogen-bond acceptors (Lipinski definition) is 3. The number of rotatable bonds is 5. The summed E-state index contributed by atoms with van der Waals surface area (Å²) in [5.41, 5.74) is 1.79. The first-order valence-electron chi connectivity index (χ1n) is 8.77. The van der Waals surface area contributed by atoms with E-state index in [1.807, 2.05) is 18.2 Å². The molecule has 3 fully saturated rings. The topological polar surface area (TPSA) is 53.2 Å². The Balaban J connectivity index is 1.38. The van der Waals surface area contributed by atoms with Gasteiger partial charge in [-0.2, -0.15) is 0 Å². The molecule has 2 unspecified atom stereocenters. The molecule has 1 amide bonds. The second kappa shape index (κ2) is 6.33. The summed E-state index contributed by atoms with van der Waals surface area (Å²) in [6.07, 6.45) is 7.82. The number of nitrogens with one attached hydrogen (secondary N) is 3. The van der Waals surface area contributed by atoms with Crippen LogP contribution in [0.3, 0.4) is 0 Å². The van der Waals surface area contributed by atoms with E-state index in [-0.39, 0.29) is 5.91 Å². The molecule has 3 aliphatic rings. The molecule has 1 saturated carbocycles. The standard InChI is InChI=1S/C18H24ClN3O/c19-12-1-6-16(21-13-2-3-13)17(10-12)22-18(23)9-11-7-14-4-5-15(8-11)20-14/h1,6,10-11,13-15,20-21H,2-5,7-9H2,(H,22,23). The van der Waals surface area contributed by atoms with Crippen LogP contribution in [0.25, 0.3) is 0 Å². The lowest BCUT2D eigenvalue weighted by atomic mass is 9.89. The fourth-order valence-corrected chi connectivity index (χ4v) is 4.17. The SMILES string of the molecule is O=C(CC1CC2CCC(C1)N2)Nc1cc(Cl)ccc1NC1CC1. The van der Waals surface area contributed by atoms with Crippen molar-refractivity contribution in [3.05, 3.63) is 23.2 Å². The van der Waals surface area contributed by atoms with Crippen LogP contribution >= 0.6 is 11.6 Å². The van der Waals surface area contributed by atoms with Gasteiger partial charge in [-0.3, -0.25) is 4.79 Å². The molecule has 2 atom stereocenters. The second-order valence-corrected chi connectivity index (χ2v) is 7.77. The lowest BCUT2D eigenvalue weighted by molar-refractivity contribution is -0.117. The van der Waals surface area contributed by atoms with Gasteiger partial charge in [-0.05, 0) is 62.6 Å². The van der Waals surface area contributed by atoms with E-state index in [0.29, 0.717) is 35.5 Å². The normalized spacial score (nSPS) is 29.3. The van der Waals surface area contributed by atoms with Crippen molar-refractivity contribution in [1.29, 1.82) is 0 Å². The molecule has 4 nitrogen and oxygen atoms in total. The lowest BCUT2D eigenvalue weighted by Gasteiger charge is -2.28. The molecule has 0 radical (unpaired) electrons. The fourth-order valence-electron chi connectivity index (χ4n) is 4.00. The first kappa shape index (κ1) is 15.3. The third-order valence-corrected chi connectivity index (χ3v) is 5.47. The molecule has 124 valence electrons. The van der Waals surface area contributed by atoms with Crippen LogP contribution in [0.15, 0.2) is 18.2 Å². The van der Waals surface area contributed by atoms with Gasteiger partial charge in [0.15, 0.2) is 0 Å². The van der Waals surface area contributed by atoms with Crippen LogP contribution in [0, 0.1) is 5.92 Å². The quantitative estimate of drug-likeness (QED) is 0.768. The number of carbonyl (C=O) groups is 1. The third kappa shape index (κ3) is 3.81. The molecular weight excluding hydrogens is 310 g/mol. The zero-order valence-corrected chi connectivity index (χ0v) is 14.0. The van der Waals surface area contributed by atoms with Gasteiger partial charge in [0, 0.05) is 29.6 Å². The maximum atomic E-state index is 12.5. The highest BCUT2D eigenvalue weighted by Crippen LogP contribution is 2.34. The number of carbonyl (C=O) groups excluding carboxylic acids is 1. The van der Waals surface area contributed by atoms with Crippen molar-refractivity contribution >= 4 is 28.9 Å². The molecule has 1 aliphatic carbocycles. The molecule has 2 saturated heterocycles. The van der Waals surface area contributed by atoms with Gasteiger partial charge in [0.25, 0.3) is 0 Å². The first-order chi connectivity index (χ1) is 11.2. The highest BCUT2D eigenvalue weighted by molar-refractivity contribution is 6.31. The predicted octanol–water partition coefficient (Wildman–Crippen LogP) is 3.77. The average molecular weight is 334 g/mol. The zero-order valence-electron chi connectivity index (χ0n) is 13.3. The van der Waals surface area contributed by atoms with E-state index in [4.69, 9.17) is 11.6 Å². The summed E-state index contributed by atoms with van der Waals surface area (Å²) in [7, 11) is 0. The van der Waals surface area contributed by atoms with E-state index in [9.17, 15) is 4.79 Å². The number of hydrogen-bond donors (Lipinski definition) is 3.